The molecule has 0 radical (unpaired) electrons. The van der Waals surface area contributed by atoms with Gasteiger partial charge in [-0.15, -0.1) is 0 Å². The molecular formula is C36H27FN2O6S. The van der Waals surface area contributed by atoms with Gasteiger partial charge in [0.1, 0.15) is 18.2 Å². The lowest BCUT2D eigenvalue weighted by Gasteiger charge is -2.26. The minimum atomic E-state index is -0.855. The molecule has 2 aliphatic rings. The Labute approximate surface area is 266 Å². The van der Waals surface area contributed by atoms with Crippen LogP contribution < -0.4 is 29.1 Å². The molecule has 0 unspecified atom stereocenters. The molecule has 0 bridgehead atoms. The third-order valence-electron chi connectivity index (χ3n) is 7.60. The van der Waals surface area contributed by atoms with Gasteiger partial charge in [-0.3, -0.25) is 9.36 Å². The predicted octanol–water partition coefficient (Wildman–Crippen LogP) is 5.38. The topological polar surface area (TPSA) is 88.4 Å². The van der Waals surface area contributed by atoms with E-state index in [1.807, 2.05) is 60.7 Å². The Morgan fingerprint density at radius 3 is 2.57 bits per heavy atom. The first-order chi connectivity index (χ1) is 22.5. The first-order valence-electron chi connectivity index (χ1n) is 14.6. The maximum absolute atomic E-state index is 14.3. The average Bonchev–Trinajstić information content (AvgIpc) is 3.68. The molecule has 0 saturated heterocycles. The summed E-state index contributed by atoms with van der Waals surface area (Å²) in [5, 5.41) is 0. The normalized spacial score (nSPS) is 15.3. The Balaban J connectivity index is 1.39. The van der Waals surface area contributed by atoms with E-state index in [0.717, 1.165) is 5.56 Å². The highest BCUT2D eigenvalue weighted by Crippen LogP contribution is 2.40. The third-order valence-corrected chi connectivity index (χ3v) is 8.58. The van der Waals surface area contributed by atoms with Crippen molar-refractivity contribution in [2.75, 3.05) is 13.4 Å². The SMILES string of the molecule is CCOC(=O)C1=C(c2ccccc2)N=c2s/c(=C\c3ccccc3OCc3ccc(F)cc3)c(=O)n2[C@H]1c1ccc2c(c1)OCO2. The van der Waals surface area contributed by atoms with Gasteiger partial charge in [0.25, 0.3) is 5.56 Å². The number of carbonyl (C=O) groups excluding carboxylic acids is 1. The summed E-state index contributed by atoms with van der Waals surface area (Å²) in [6, 6.07) is 27.4. The third kappa shape index (κ3) is 5.59. The summed E-state index contributed by atoms with van der Waals surface area (Å²) in [6.07, 6.45) is 1.76. The highest BCUT2D eigenvalue weighted by molar-refractivity contribution is 7.07. The van der Waals surface area contributed by atoms with Crippen molar-refractivity contribution in [3.05, 3.63) is 150 Å². The summed E-state index contributed by atoms with van der Waals surface area (Å²) in [7, 11) is 0. The minimum Gasteiger partial charge on any atom is -0.488 e. The van der Waals surface area contributed by atoms with Crippen molar-refractivity contribution in [3.63, 3.8) is 0 Å². The van der Waals surface area contributed by atoms with E-state index in [9.17, 15) is 14.0 Å². The fraction of sp³-hybridized carbons (Fsp3) is 0.139. The maximum atomic E-state index is 14.3. The molecule has 2 aliphatic heterocycles. The number of hydrogen-bond donors (Lipinski definition) is 0. The highest BCUT2D eigenvalue weighted by atomic mass is 32.1. The molecule has 1 atom stereocenters. The van der Waals surface area contributed by atoms with E-state index >= 15 is 0 Å². The molecule has 4 aromatic carbocycles. The molecule has 7 rings (SSSR count). The van der Waals surface area contributed by atoms with Gasteiger partial charge in [0.15, 0.2) is 16.3 Å². The van der Waals surface area contributed by atoms with Crippen molar-refractivity contribution >= 4 is 29.1 Å². The van der Waals surface area contributed by atoms with Gasteiger partial charge in [0.05, 0.1) is 28.5 Å². The number of aromatic nitrogens is 1. The van der Waals surface area contributed by atoms with Crippen LogP contribution in [0.5, 0.6) is 17.2 Å². The largest absolute Gasteiger partial charge is 0.488 e. The second-order valence-electron chi connectivity index (χ2n) is 10.5. The summed E-state index contributed by atoms with van der Waals surface area (Å²) < 4.78 is 38.2. The fourth-order valence-corrected chi connectivity index (χ4v) is 6.45. The Hall–Kier alpha value is -5.48. The zero-order valence-corrected chi connectivity index (χ0v) is 25.5. The van der Waals surface area contributed by atoms with E-state index in [-0.39, 0.29) is 37.0 Å². The van der Waals surface area contributed by atoms with E-state index in [0.29, 0.717) is 49.0 Å². The molecule has 0 aliphatic carbocycles. The molecule has 0 amide bonds. The molecule has 230 valence electrons. The lowest BCUT2D eigenvalue weighted by Crippen LogP contribution is -2.40. The molecule has 0 fully saturated rings. The predicted molar refractivity (Wildman–Crippen MR) is 171 cm³/mol. The molecule has 3 heterocycles. The molecule has 0 saturated carbocycles. The van der Waals surface area contributed by atoms with Gasteiger partial charge in [0.2, 0.25) is 6.79 Å². The first kappa shape index (κ1) is 29.2. The van der Waals surface area contributed by atoms with Gasteiger partial charge < -0.3 is 18.9 Å². The van der Waals surface area contributed by atoms with E-state index in [2.05, 4.69) is 0 Å². The number of benzene rings is 4. The number of hydrogen-bond acceptors (Lipinski definition) is 8. The summed E-state index contributed by atoms with van der Waals surface area (Å²) in [4.78, 5) is 33.3. The van der Waals surface area contributed by atoms with Gasteiger partial charge >= 0.3 is 5.97 Å². The number of para-hydroxylation sites is 1. The summed E-state index contributed by atoms with van der Waals surface area (Å²) in [5.41, 5.74) is 3.20. The number of esters is 1. The smallest absolute Gasteiger partial charge is 0.338 e. The van der Waals surface area contributed by atoms with E-state index in [1.165, 1.54) is 28.0 Å². The number of halogens is 1. The van der Waals surface area contributed by atoms with Crippen LogP contribution in [0, 0.1) is 5.82 Å². The molecule has 8 nitrogen and oxygen atoms in total. The number of carbonyl (C=O) groups is 1. The maximum Gasteiger partial charge on any atom is 0.338 e. The van der Waals surface area contributed by atoms with Crippen LogP contribution in [0.25, 0.3) is 11.8 Å². The number of nitrogens with zero attached hydrogens (tertiary/aromatic N) is 2. The molecule has 5 aromatic rings. The molecular weight excluding hydrogens is 607 g/mol. The van der Waals surface area contributed by atoms with Gasteiger partial charge in [-0.1, -0.05) is 78.1 Å². The van der Waals surface area contributed by atoms with Crippen molar-refractivity contribution < 1.29 is 28.1 Å². The number of thiazole rings is 1. The van der Waals surface area contributed by atoms with Crippen LogP contribution in [-0.2, 0) is 16.1 Å². The van der Waals surface area contributed by atoms with Crippen LogP contribution >= 0.6 is 11.3 Å². The van der Waals surface area contributed by atoms with Crippen LogP contribution in [-0.4, -0.2) is 23.9 Å². The second-order valence-corrected chi connectivity index (χ2v) is 11.5. The molecule has 1 aromatic heterocycles. The first-order valence-corrected chi connectivity index (χ1v) is 15.5. The van der Waals surface area contributed by atoms with Crippen LogP contribution in [0.1, 0.15) is 35.2 Å². The Morgan fingerprint density at radius 2 is 1.76 bits per heavy atom. The lowest BCUT2D eigenvalue weighted by molar-refractivity contribution is -0.138. The average molecular weight is 635 g/mol. The molecule has 10 heteroatoms. The minimum absolute atomic E-state index is 0.0834. The Bertz CT molecular complexity index is 2160. The molecule has 0 spiro atoms. The monoisotopic (exact) mass is 634 g/mol. The fourth-order valence-electron chi connectivity index (χ4n) is 5.45. The Morgan fingerprint density at radius 1 is 1.00 bits per heavy atom. The summed E-state index contributed by atoms with van der Waals surface area (Å²) in [5.74, 6) is 0.774. The number of rotatable bonds is 8. The summed E-state index contributed by atoms with van der Waals surface area (Å²) >= 11 is 1.22. The highest BCUT2D eigenvalue weighted by Gasteiger charge is 2.36. The van der Waals surface area contributed by atoms with Crippen LogP contribution in [0.4, 0.5) is 4.39 Å². The van der Waals surface area contributed by atoms with Gasteiger partial charge in [-0.25, -0.2) is 14.2 Å². The second kappa shape index (κ2) is 12.5. The zero-order valence-electron chi connectivity index (χ0n) is 24.6. The van der Waals surface area contributed by atoms with Crippen molar-refractivity contribution in [3.8, 4) is 17.2 Å². The van der Waals surface area contributed by atoms with Crippen LogP contribution in [0.3, 0.4) is 0 Å². The van der Waals surface area contributed by atoms with Gasteiger partial charge in [-0.2, -0.15) is 0 Å². The van der Waals surface area contributed by atoms with E-state index in [1.54, 1.807) is 37.3 Å². The molecule has 46 heavy (non-hydrogen) atoms. The number of fused-ring (bicyclic) bond motifs is 2. The van der Waals surface area contributed by atoms with Crippen LogP contribution in [0.2, 0.25) is 0 Å². The number of ether oxygens (including phenoxy) is 4. The van der Waals surface area contributed by atoms with Crippen molar-refractivity contribution in [1.82, 2.24) is 4.57 Å². The van der Waals surface area contributed by atoms with Crippen molar-refractivity contribution in [1.29, 1.82) is 0 Å². The van der Waals surface area contributed by atoms with Crippen LogP contribution in [0.15, 0.2) is 112 Å². The van der Waals surface area contributed by atoms with Crippen molar-refractivity contribution in [2.24, 2.45) is 4.99 Å². The quantitative estimate of drug-likeness (QED) is 0.213. The lowest BCUT2D eigenvalue weighted by atomic mass is 9.93. The van der Waals surface area contributed by atoms with Gasteiger partial charge in [0, 0.05) is 11.1 Å². The Kier molecular flexibility index (Phi) is 7.94. The van der Waals surface area contributed by atoms with Gasteiger partial charge in [-0.05, 0) is 54.5 Å². The molecule has 0 N–H and O–H groups in total. The van der Waals surface area contributed by atoms with Crippen molar-refractivity contribution in [2.45, 2.75) is 19.6 Å². The summed E-state index contributed by atoms with van der Waals surface area (Å²) in [6.45, 7) is 2.19. The van der Waals surface area contributed by atoms with E-state index < -0.39 is 12.0 Å². The standard InChI is InChI=1S/C36H27FN2O6S/c1-2-42-35(41)31-32(23-8-4-3-5-9-23)38-36-39(33(31)25-14-17-28-29(18-25)45-21-44-28)34(40)30(46-36)19-24-10-6-7-11-27(24)43-20-22-12-15-26(37)16-13-22/h3-19,33H,2,20-21H2,1H3/b30-19-/t33-/m0/s1. The van der Waals surface area contributed by atoms with E-state index in [4.69, 9.17) is 23.9 Å². The zero-order chi connectivity index (χ0) is 31.6.